The number of nitrogens with one attached hydrogen (secondary N) is 2. The largest absolute Gasteiger partial charge is 0.497 e. The first-order chi connectivity index (χ1) is 36.7. The van der Waals surface area contributed by atoms with Crippen molar-refractivity contribution in [2.75, 3.05) is 27.4 Å². The molecular weight excluding hydrogens is 1030 g/mol. The van der Waals surface area contributed by atoms with Crippen molar-refractivity contribution in [3.05, 3.63) is 188 Å². The molecule has 1 aliphatic rings. The summed E-state index contributed by atoms with van der Waals surface area (Å²) in [6.45, 7) is 8.40. The van der Waals surface area contributed by atoms with E-state index in [2.05, 4.69) is 31.0 Å². The van der Waals surface area contributed by atoms with Crippen LogP contribution in [0.25, 0.3) is 11.2 Å². The molecule has 1 amide bonds. The first-order valence-corrected chi connectivity index (χ1v) is 26.9. The molecule has 8 rings (SSSR count). The Bertz CT molecular complexity index is 3000. The topological polar surface area (TPSA) is 195 Å². The molecule has 0 aliphatic carbocycles. The molecule has 1 saturated heterocycles. The summed E-state index contributed by atoms with van der Waals surface area (Å²) < 4.78 is 43.4. The molecular formula is C57H62Cl2N7O9P. The molecule has 0 bridgehead atoms. The molecule has 398 valence electrons. The van der Waals surface area contributed by atoms with E-state index in [1.54, 1.807) is 43.1 Å². The molecule has 7 aromatic rings. The molecule has 16 nitrogen and oxygen atoms in total. The van der Waals surface area contributed by atoms with Crippen molar-refractivity contribution in [3.8, 4) is 17.6 Å². The van der Waals surface area contributed by atoms with E-state index in [0.29, 0.717) is 39.1 Å². The maximum atomic E-state index is 13.7. The smallest absolute Gasteiger partial charge is 0.405 e. The molecule has 3 heterocycles. The van der Waals surface area contributed by atoms with E-state index in [1.165, 1.54) is 12.7 Å². The van der Waals surface area contributed by atoms with Crippen molar-refractivity contribution in [3.63, 3.8) is 0 Å². The standard InChI is InChI=1S/C57H62Cl2N7O9P/c1-37(2)66(38(3)4)76(73-33-11-31-60)75-48-34-49(65-36-63-50-53(65)61-35-62-54(50)67)74-51(48)52(64-55(68)69)56(39-14-22-44(58)23-15-39,40-16-24-45(59)25-17-40)30-10-32-72-57(41-12-8-7-9-13-41,42-18-26-46(70-5)27-19-42)43-20-28-47(71-6)29-21-43/h7-9,12-29,35-38,48-49,51-52,64H,10-11,30,32-34H2,1-6H3,(H,68,69)(H,61,62,67)/t48-,49-,51+,52?,76?/m1/s1. The molecule has 1 aliphatic heterocycles. The highest BCUT2D eigenvalue weighted by Crippen LogP contribution is 2.53. The number of nitrogens with zero attached hydrogens (tertiary/aromatic N) is 5. The highest BCUT2D eigenvalue weighted by molar-refractivity contribution is 7.44. The van der Waals surface area contributed by atoms with Gasteiger partial charge in [0.25, 0.3) is 14.1 Å². The average molecular weight is 1090 g/mol. The number of carboxylic acid groups (broad SMARTS) is 1. The molecule has 19 heteroatoms. The van der Waals surface area contributed by atoms with Crippen molar-refractivity contribution in [2.45, 2.75) is 101 Å². The number of halogens is 2. The normalized spacial score (nSPS) is 16.7. The number of rotatable bonds is 24. The van der Waals surface area contributed by atoms with E-state index in [1.807, 2.05) is 131 Å². The van der Waals surface area contributed by atoms with E-state index < -0.39 is 55.7 Å². The third-order valence-electron chi connectivity index (χ3n) is 13.7. The summed E-state index contributed by atoms with van der Waals surface area (Å²) >= 11 is 13.3. The van der Waals surface area contributed by atoms with Gasteiger partial charge in [-0.25, -0.2) is 19.4 Å². The lowest BCUT2D eigenvalue weighted by Gasteiger charge is -2.46. The van der Waals surface area contributed by atoms with E-state index in [-0.39, 0.29) is 55.7 Å². The summed E-state index contributed by atoms with van der Waals surface area (Å²) in [5, 5.41) is 24.7. The van der Waals surface area contributed by atoms with Crippen LogP contribution < -0.4 is 20.3 Å². The van der Waals surface area contributed by atoms with E-state index >= 15 is 0 Å². The molecule has 3 N–H and O–H groups in total. The summed E-state index contributed by atoms with van der Waals surface area (Å²) in [4.78, 5) is 38.2. The zero-order chi connectivity index (χ0) is 54.0. The zero-order valence-electron chi connectivity index (χ0n) is 43.1. The lowest BCUT2D eigenvalue weighted by molar-refractivity contribution is -0.0474. The number of methoxy groups -OCH3 is 2. The van der Waals surface area contributed by atoms with Crippen LogP contribution in [0.2, 0.25) is 10.0 Å². The van der Waals surface area contributed by atoms with E-state index in [0.717, 1.165) is 16.7 Å². The number of benzene rings is 5. The Hall–Kier alpha value is -6.38. The van der Waals surface area contributed by atoms with Gasteiger partial charge in [-0.3, -0.25) is 9.36 Å². The third-order valence-corrected chi connectivity index (χ3v) is 16.4. The first kappa shape index (κ1) is 55.8. The second kappa shape index (κ2) is 25.2. The lowest BCUT2D eigenvalue weighted by atomic mass is 9.64. The Morgan fingerprint density at radius 3 is 1.92 bits per heavy atom. The second-order valence-corrected chi connectivity index (χ2v) is 21.2. The summed E-state index contributed by atoms with van der Waals surface area (Å²) in [6, 6.07) is 41.2. The molecule has 2 aromatic heterocycles. The van der Waals surface area contributed by atoms with Crippen LogP contribution in [-0.4, -0.2) is 93.2 Å². The van der Waals surface area contributed by atoms with Gasteiger partial charge in [-0.2, -0.15) is 5.26 Å². The number of H-pyrrole nitrogens is 1. The minimum atomic E-state index is -1.91. The van der Waals surface area contributed by atoms with Crippen molar-refractivity contribution < 1.29 is 37.9 Å². The molecule has 2 unspecified atom stereocenters. The van der Waals surface area contributed by atoms with Gasteiger partial charge in [-0.05, 0) is 117 Å². The maximum Gasteiger partial charge on any atom is 0.405 e. The predicted molar refractivity (Wildman–Crippen MR) is 293 cm³/mol. The minimum Gasteiger partial charge on any atom is -0.497 e. The van der Waals surface area contributed by atoms with Gasteiger partial charge >= 0.3 is 6.09 Å². The number of aromatic nitrogens is 4. The van der Waals surface area contributed by atoms with Crippen LogP contribution >= 0.6 is 31.7 Å². The van der Waals surface area contributed by atoms with Crippen LogP contribution in [0.15, 0.2) is 145 Å². The number of nitriles is 1. The summed E-state index contributed by atoms with van der Waals surface area (Å²) in [5.74, 6) is 1.36. The van der Waals surface area contributed by atoms with E-state index in [4.69, 9.17) is 51.2 Å². The quantitative estimate of drug-likeness (QED) is 0.0294. The summed E-state index contributed by atoms with van der Waals surface area (Å²) in [7, 11) is 1.34. The number of imidazole rings is 1. The Kier molecular flexibility index (Phi) is 18.5. The Labute approximate surface area is 453 Å². The molecule has 1 fully saturated rings. The van der Waals surface area contributed by atoms with Crippen molar-refractivity contribution in [1.82, 2.24) is 29.5 Å². The van der Waals surface area contributed by atoms with Gasteiger partial charge in [0.05, 0.1) is 58.1 Å². The van der Waals surface area contributed by atoms with Crippen molar-refractivity contribution in [1.29, 1.82) is 5.26 Å². The fraction of sp³-hybridized carbons (Fsp3) is 0.351. The van der Waals surface area contributed by atoms with Crippen LogP contribution in [0.3, 0.4) is 0 Å². The molecule has 0 radical (unpaired) electrons. The minimum absolute atomic E-state index is 0.0627. The summed E-state index contributed by atoms with van der Waals surface area (Å²) in [5.41, 5.74) is 1.47. The van der Waals surface area contributed by atoms with Crippen LogP contribution in [0.5, 0.6) is 11.5 Å². The molecule has 5 aromatic carbocycles. The SMILES string of the molecule is COc1ccc(C(OCCCC(c2ccc(Cl)cc2)(c2ccc(Cl)cc2)C(NC(=O)O)[C@H]2O[C@@H](n3cnc4c(=O)[nH]cnc43)C[C@H]2OP(OCCC#N)N(C(C)C)C(C)C)(c2ccccc2)c2ccc(OC)cc2)cc1. The fourth-order valence-corrected chi connectivity index (χ4v) is 12.4. The molecule has 5 atom stereocenters. The number of amides is 1. The number of hydrogen-bond acceptors (Lipinski definition) is 12. The number of hydrogen-bond donors (Lipinski definition) is 3. The van der Waals surface area contributed by atoms with Gasteiger partial charge in [-0.1, -0.05) is 102 Å². The average Bonchev–Trinajstić information content (AvgIpc) is 4.08. The fourth-order valence-electron chi connectivity index (χ4n) is 10.5. The van der Waals surface area contributed by atoms with Crippen LogP contribution in [-0.2, 0) is 29.5 Å². The molecule has 76 heavy (non-hydrogen) atoms. The second-order valence-electron chi connectivity index (χ2n) is 18.9. The van der Waals surface area contributed by atoms with Gasteiger partial charge in [0.15, 0.2) is 11.2 Å². The highest BCUT2D eigenvalue weighted by atomic mass is 35.5. The van der Waals surface area contributed by atoms with Crippen LogP contribution in [0.4, 0.5) is 4.79 Å². The zero-order valence-corrected chi connectivity index (χ0v) is 45.5. The van der Waals surface area contributed by atoms with Gasteiger partial charge < -0.3 is 43.4 Å². The monoisotopic (exact) mass is 1090 g/mol. The number of ether oxygens (including phenoxy) is 4. The molecule has 0 saturated carbocycles. The Morgan fingerprint density at radius 2 is 1.39 bits per heavy atom. The Balaban J connectivity index is 1.30. The van der Waals surface area contributed by atoms with Crippen molar-refractivity contribution in [2.24, 2.45) is 0 Å². The lowest BCUT2D eigenvalue weighted by Crippen LogP contribution is -2.59. The van der Waals surface area contributed by atoms with Crippen molar-refractivity contribution >= 4 is 49.0 Å². The number of fused-ring (bicyclic) bond motifs is 1. The number of carbonyl (C=O) groups is 1. The van der Waals surface area contributed by atoms with Gasteiger partial charge in [0.2, 0.25) is 0 Å². The first-order valence-electron chi connectivity index (χ1n) is 25.0. The van der Waals surface area contributed by atoms with Gasteiger partial charge in [0, 0.05) is 40.6 Å². The van der Waals surface area contributed by atoms with Gasteiger partial charge in [0.1, 0.15) is 29.4 Å². The van der Waals surface area contributed by atoms with Crippen LogP contribution in [0.1, 0.15) is 87.4 Å². The molecule has 0 spiro atoms. The highest BCUT2D eigenvalue weighted by Gasteiger charge is 2.54. The van der Waals surface area contributed by atoms with Gasteiger partial charge in [-0.15, -0.1) is 0 Å². The Morgan fingerprint density at radius 1 is 0.842 bits per heavy atom. The van der Waals surface area contributed by atoms with Crippen LogP contribution in [0, 0.1) is 11.3 Å². The third kappa shape index (κ3) is 11.9. The van der Waals surface area contributed by atoms with E-state index in [9.17, 15) is 20.0 Å². The maximum absolute atomic E-state index is 13.7. The number of aromatic amines is 1. The summed E-state index contributed by atoms with van der Waals surface area (Å²) in [6.07, 6.45) is -0.492. The predicted octanol–water partition coefficient (Wildman–Crippen LogP) is 11.8.